The lowest BCUT2D eigenvalue weighted by Crippen LogP contribution is -2.02. The average Bonchev–Trinajstić information content (AvgIpc) is 3.02. The van der Waals surface area contributed by atoms with E-state index in [2.05, 4.69) is 20.5 Å². The summed E-state index contributed by atoms with van der Waals surface area (Å²) < 4.78 is 5.27. The highest BCUT2D eigenvalue weighted by Crippen LogP contribution is 2.26. The molecule has 0 aliphatic heterocycles. The second-order valence-corrected chi connectivity index (χ2v) is 4.50. The molecule has 0 amide bonds. The zero-order chi connectivity index (χ0) is 13.9. The van der Waals surface area contributed by atoms with Gasteiger partial charge in [0.05, 0.1) is 6.26 Å². The van der Waals surface area contributed by atoms with E-state index in [9.17, 15) is 0 Å². The van der Waals surface area contributed by atoms with Crippen molar-refractivity contribution >= 4 is 17.4 Å². The Morgan fingerprint density at radius 1 is 1.10 bits per heavy atom. The molecule has 6 heteroatoms. The van der Waals surface area contributed by atoms with Crippen LogP contribution >= 0.6 is 11.6 Å². The Morgan fingerprint density at radius 2 is 1.90 bits per heavy atom. The molecule has 0 saturated carbocycles. The van der Waals surface area contributed by atoms with Gasteiger partial charge in [-0.3, -0.25) is 0 Å². The topological polar surface area (TPSA) is 63.8 Å². The van der Waals surface area contributed by atoms with Crippen molar-refractivity contribution in [2.45, 2.75) is 0 Å². The number of nitrogens with zero attached hydrogens (tertiary/aromatic N) is 3. The minimum atomic E-state index is 0.442. The highest BCUT2D eigenvalue weighted by Gasteiger charge is 2.12. The fraction of sp³-hybridized carbons (Fsp3) is 0.0714. The molecular formula is C14H11ClN4O. The quantitative estimate of drug-likeness (QED) is 0.798. The van der Waals surface area contributed by atoms with Gasteiger partial charge < -0.3 is 9.73 Å². The maximum absolute atomic E-state index is 5.89. The summed E-state index contributed by atoms with van der Waals surface area (Å²) in [6, 6.07) is 10.9. The summed E-state index contributed by atoms with van der Waals surface area (Å²) in [6.45, 7) is 0. The van der Waals surface area contributed by atoms with Crippen LogP contribution in [0, 0.1) is 0 Å². The molecule has 5 nitrogen and oxygen atoms in total. The number of benzene rings is 1. The molecule has 20 heavy (non-hydrogen) atoms. The minimum absolute atomic E-state index is 0.442. The van der Waals surface area contributed by atoms with Gasteiger partial charge in [0, 0.05) is 17.6 Å². The Labute approximate surface area is 120 Å². The zero-order valence-corrected chi connectivity index (χ0v) is 11.4. The van der Waals surface area contributed by atoms with Crippen molar-refractivity contribution in [2.75, 3.05) is 12.4 Å². The standard InChI is InChI=1S/C14H11ClN4O/c1-16-14-12(9-4-6-10(15)7-5-9)18-19-13(17-14)11-3-2-8-20-11/h2-8H,1H3,(H,16,17,19). The molecule has 1 N–H and O–H groups in total. The molecule has 0 aliphatic carbocycles. The summed E-state index contributed by atoms with van der Waals surface area (Å²) >= 11 is 5.89. The molecule has 0 unspecified atom stereocenters. The van der Waals surface area contributed by atoms with E-state index in [1.165, 1.54) is 0 Å². The normalized spacial score (nSPS) is 10.5. The van der Waals surface area contributed by atoms with Gasteiger partial charge in [-0.1, -0.05) is 23.7 Å². The molecule has 0 bridgehead atoms. The second-order valence-electron chi connectivity index (χ2n) is 4.07. The molecule has 0 atom stereocenters. The Morgan fingerprint density at radius 3 is 2.55 bits per heavy atom. The van der Waals surface area contributed by atoms with Crippen LogP contribution in [0.2, 0.25) is 5.02 Å². The summed E-state index contributed by atoms with van der Waals surface area (Å²) in [5, 5.41) is 12.0. The molecule has 0 spiro atoms. The van der Waals surface area contributed by atoms with Gasteiger partial charge in [0.2, 0.25) is 5.82 Å². The zero-order valence-electron chi connectivity index (χ0n) is 10.7. The van der Waals surface area contributed by atoms with Crippen LogP contribution in [-0.2, 0) is 0 Å². The second kappa shape index (κ2) is 5.30. The predicted octanol–water partition coefficient (Wildman–Crippen LogP) is 3.49. The highest BCUT2D eigenvalue weighted by molar-refractivity contribution is 6.30. The molecular weight excluding hydrogens is 276 g/mol. The monoisotopic (exact) mass is 286 g/mol. The Balaban J connectivity index is 2.06. The molecule has 100 valence electrons. The van der Waals surface area contributed by atoms with Crippen molar-refractivity contribution in [2.24, 2.45) is 0 Å². The van der Waals surface area contributed by atoms with Crippen LogP contribution in [0.3, 0.4) is 0 Å². The molecule has 0 saturated heterocycles. The Kier molecular flexibility index (Phi) is 3.35. The van der Waals surface area contributed by atoms with Gasteiger partial charge in [0.15, 0.2) is 11.6 Å². The maximum Gasteiger partial charge on any atom is 0.219 e. The lowest BCUT2D eigenvalue weighted by molar-refractivity contribution is 0.576. The van der Waals surface area contributed by atoms with E-state index < -0.39 is 0 Å². The lowest BCUT2D eigenvalue weighted by Gasteiger charge is -2.07. The van der Waals surface area contributed by atoms with Crippen molar-refractivity contribution in [3.63, 3.8) is 0 Å². The predicted molar refractivity (Wildman–Crippen MR) is 77.5 cm³/mol. The lowest BCUT2D eigenvalue weighted by atomic mass is 10.1. The molecule has 1 aromatic carbocycles. The number of nitrogens with one attached hydrogen (secondary N) is 1. The first-order valence-electron chi connectivity index (χ1n) is 6.00. The van der Waals surface area contributed by atoms with Gasteiger partial charge in [-0.25, -0.2) is 4.98 Å². The molecule has 2 heterocycles. The van der Waals surface area contributed by atoms with E-state index >= 15 is 0 Å². The van der Waals surface area contributed by atoms with Gasteiger partial charge in [0.1, 0.15) is 5.69 Å². The maximum atomic E-state index is 5.89. The number of rotatable bonds is 3. The van der Waals surface area contributed by atoms with Crippen molar-refractivity contribution < 1.29 is 4.42 Å². The smallest absolute Gasteiger partial charge is 0.219 e. The first-order valence-corrected chi connectivity index (χ1v) is 6.38. The first-order chi connectivity index (χ1) is 9.78. The van der Waals surface area contributed by atoms with E-state index in [0.717, 1.165) is 5.56 Å². The molecule has 0 fully saturated rings. The summed E-state index contributed by atoms with van der Waals surface area (Å²) in [7, 11) is 1.79. The van der Waals surface area contributed by atoms with Crippen LogP contribution in [0.25, 0.3) is 22.8 Å². The molecule has 2 aromatic heterocycles. The largest absolute Gasteiger partial charge is 0.461 e. The fourth-order valence-corrected chi connectivity index (χ4v) is 1.94. The van der Waals surface area contributed by atoms with Crippen molar-refractivity contribution in [1.82, 2.24) is 15.2 Å². The van der Waals surface area contributed by atoms with Crippen LogP contribution in [0.1, 0.15) is 0 Å². The number of hydrogen-bond donors (Lipinski definition) is 1. The van der Waals surface area contributed by atoms with Gasteiger partial charge in [-0.05, 0) is 24.3 Å². The Bertz CT molecular complexity index is 711. The fourth-order valence-electron chi connectivity index (χ4n) is 1.81. The third-order valence-electron chi connectivity index (χ3n) is 2.78. The number of anilines is 1. The number of aromatic nitrogens is 3. The van der Waals surface area contributed by atoms with Crippen LogP contribution < -0.4 is 5.32 Å². The van der Waals surface area contributed by atoms with Crippen molar-refractivity contribution in [3.8, 4) is 22.8 Å². The number of hydrogen-bond acceptors (Lipinski definition) is 5. The first kappa shape index (κ1) is 12.6. The van der Waals surface area contributed by atoms with E-state index in [1.807, 2.05) is 12.1 Å². The summed E-state index contributed by atoms with van der Waals surface area (Å²) in [5.41, 5.74) is 1.56. The van der Waals surface area contributed by atoms with Gasteiger partial charge in [-0.2, -0.15) is 0 Å². The van der Waals surface area contributed by atoms with Crippen LogP contribution in [0.15, 0.2) is 47.1 Å². The Hall–Kier alpha value is -2.40. The molecule has 3 rings (SSSR count). The van der Waals surface area contributed by atoms with Crippen LogP contribution in [0.5, 0.6) is 0 Å². The third kappa shape index (κ3) is 2.35. The highest BCUT2D eigenvalue weighted by atomic mass is 35.5. The van der Waals surface area contributed by atoms with Gasteiger partial charge in [-0.15, -0.1) is 10.2 Å². The van der Waals surface area contributed by atoms with E-state index in [1.54, 1.807) is 37.6 Å². The van der Waals surface area contributed by atoms with Gasteiger partial charge >= 0.3 is 0 Å². The summed E-state index contributed by atoms with van der Waals surface area (Å²) in [4.78, 5) is 4.42. The minimum Gasteiger partial charge on any atom is -0.461 e. The van der Waals surface area contributed by atoms with E-state index in [-0.39, 0.29) is 0 Å². The molecule has 0 aliphatic rings. The van der Waals surface area contributed by atoms with Gasteiger partial charge in [0.25, 0.3) is 0 Å². The number of furan rings is 1. The molecule has 3 aromatic rings. The number of halogens is 1. The van der Waals surface area contributed by atoms with Crippen molar-refractivity contribution in [1.29, 1.82) is 0 Å². The SMILES string of the molecule is CNc1nc(-c2ccco2)nnc1-c1ccc(Cl)cc1. The molecule has 0 radical (unpaired) electrons. The van der Waals surface area contributed by atoms with Crippen LogP contribution in [0.4, 0.5) is 5.82 Å². The van der Waals surface area contributed by atoms with Crippen molar-refractivity contribution in [3.05, 3.63) is 47.7 Å². The summed E-state index contributed by atoms with van der Waals surface area (Å²) in [5.74, 6) is 1.66. The average molecular weight is 287 g/mol. The third-order valence-corrected chi connectivity index (χ3v) is 3.03. The summed E-state index contributed by atoms with van der Waals surface area (Å²) in [6.07, 6.45) is 1.57. The van der Waals surface area contributed by atoms with Crippen LogP contribution in [-0.4, -0.2) is 22.2 Å². The van der Waals surface area contributed by atoms with E-state index in [0.29, 0.717) is 28.1 Å². The van der Waals surface area contributed by atoms with E-state index in [4.69, 9.17) is 16.0 Å².